The van der Waals surface area contributed by atoms with Crippen LogP contribution in [0.15, 0.2) is 0 Å². The smallest absolute Gasteiger partial charge is 0.0882 e. The number of hydrogen-bond donors (Lipinski definition) is 0. The second-order valence-electron chi connectivity index (χ2n) is 4.93. The van der Waals surface area contributed by atoms with Crippen LogP contribution in [0.4, 0.5) is 0 Å². The van der Waals surface area contributed by atoms with E-state index in [4.69, 9.17) is 0 Å². The minimum atomic E-state index is -1.69. The van der Waals surface area contributed by atoms with Crippen molar-refractivity contribution >= 4 is 7.14 Å². The predicted molar refractivity (Wildman–Crippen MR) is 50.9 cm³/mol. The quantitative estimate of drug-likeness (QED) is 0.558. The van der Waals surface area contributed by atoms with E-state index in [1.165, 1.54) is 12.8 Å². The summed E-state index contributed by atoms with van der Waals surface area (Å²) in [5, 5.41) is 0. The van der Waals surface area contributed by atoms with E-state index in [0.29, 0.717) is 0 Å². The minimum Gasteiger partial charge on any atom is -0.324 e. The summed E-state index contributed by atoms with van der Waals surface area (Å²) in [4.78, 5) is 0. The lowest BCUT2D eigenvalue weighted by Gasteiger charge is -2.22. The fourth-order valence-corrected chi connectivity index (χ4v) is 5.80. The summed E-state index contributed by atoms with van der Waals surface area (Å²) in [5.41, 5.74) is 0.264. The molecule has 66 valence electrons. The third kappa shape index (κ3) is 2.99. The molecule has 0 N–H and O–H groups in total. The van der Waals surface area contributed by atoms with Crippen molar-refractivity contribution in [3.63, 3.8) is 0 Å². The minimum absolute atomic E-state index is 0.264. The first-order valence-corrected chi connectivity index (χ1v) is 6.75. The van der Waals surface area contributed by atoms with E-state index in [2.05, 4.69) is 20.8 Å². The van der Waals surface area contributed by atoms with Gasteiger partial charge in [-0.05, 0) is 18.3 Å². The van der Waals surface area contributed by atoms with Gasteiger partial charge in [0.05, 0.1) is 7.14 Å². The molecule has 11 heavy (non-hydrogen) atoms. The van der Waals surface area contributed by atoms with E-state index in [9.17, 15) is 4.57 Å². The largest absolute Gasteiger partial charge is 0.324 e. The Morgan fingerprint density at radius 3 is 2.00 bits per heavy atom. The SMILES string of the molecule is CC(C)(C)CP1(=O)CCCC1. The normalized spacial score (nSPS) is 23.9. The highest BCUT2D eigenvalue weighted by Crippen LogP contribution is 2.55. The van der Waals surface area contributed by atoms with Gasteiger partial charge in [-0.1, -0.05) is 20.8 Å². The van der Waals surface area contributed by atoms with Crippen LogP contribution in [0.2, 0.25) is 0 Å². The van der Waals surface area contributed by atoms with Gasteiger partial charge in [-0.25, -0.2) is 0 Å². The van der Waals surface area contributed by atoms with Gasteiger partial charge in [0.25, 0.3) is 0 Å². The maximum absolute atomic E-state index is 12.0. The van der Waals surface area contributed by atoms with Crippen molar-refractivity contribution in [2.45, 2.75) is 33.6 Å². The molecule has 1 aliphatic rings. The van der Waals surface area contributed by atoms with Crippen molar-refractivity contribution in [3.8, 4) is 0 Å². The molecule has 1 saturated heterocycles. The highest BCUT2D eigenvalue weighted by atomic mass is 31.2. The molecule has 1 heterocycles. The highest BCUT2D eigenvalue weighted by molar-refractivity contribution is 7.64. The molecule has 0 unspecified atom stereocenters. The van der Waals surface area contributed by atoms with E-state index in [-0.39, 0.29) is 5.41 Å². The molecule has 0 spiro atoms. The summed E-state index contributed by atoms with van der Waals surface area (Å²) in [7, 11) is -1.69. The molecule has 0 bridgehead atoms. The fourth-order valence-electron chi connectivity index (χ4n) is 1.93. The Morgan fingerprint density at radius 1 is 1.18 bits per heavy atom. The Hall–Kier alpha value is 0.230. The van der Waals surface area contributed by atoms with Gasteiger partial charge < -0.3 is 4.57 Å². The molecule has 1 fully saturated rings. The Labute approximate surface area is 69.9 Å². The fraction of sp³-hybridized carbons (Fsp3) is 1.00. The first-order valence-electron chi connectivity index (χ1n) is 4.48. The van der Waals surface area contributed by atoms with Crippen molar-refractivity contribution in [3.05, 3.63) is 0 Å². The standard InChI is InChI=1S/C9H19OP/c1-9(2,3)8-11(10)6-4-5-7-11/h4-8H2,1-3H3. The topological polar surface area (TPSA) is 17.1 Å². The first-order chi connectivity index (χ1) is 4.91. The van der Waals surface area contributed by atoms with E-state index in [1.54, 1.807) is 0 Å². The van der Waals surface area contributed by atoms with Gasteiger partial charge in [0, 0.05) is 18.5 Å². The third-order valence-electron chi connectivity index (χ3n) is 2.14. The Bertz CT molecular complexity index is 168. The van der Waals surface area contributed by atoms with E-state index in [1.807, 2.05) is 0 Å². The zero-order valence-electron chi connectivity index (χ0n) is 7.89. The molecule has 0 aromatic carbocycles. The first kappa shape index (κ1) is 9.32. The van der Waals surface area contributed by atoms with Crippen LogP contribution in [0, 0.1) is 5.41 Å². The lowest BCUT2D eigenvalue weighted by molar-refractivity contribution is 0.462. The molecule has 0 aromatic heterocycles. The molecule has 0 aliphatic carbocycles. The van der Waals surface area contributed by atoms with Gasteiger partial charge in [-0.15, -0.1) is 0 Å². The summed E-state index contributed by atoms with van der Waals surface area (Å²) in [5.74, 6) is 0. The summed E-state index contributed by atoms with van der Waals surface area (Å²) >= 11 is 0. The van der Waals surface area contributed by atoms with Gasteiger partial charge in [-0.3, -0.25) is 0 Å². The molecule has 0 atom stereocenters. The van der Waals surface area contributed by atoms with Crippen LogP contribution in [0.5, 0.6) is 0 Å². The van der Waals surface area contributed by atoms with Gasteiger partial charge >= 0.3 is 0 Å². The monoisotopic (exact) mass is 174 g/mol. The van der Waals surface area contributed by atoms with Crippen molar-refractivity contribution in [1.29, 1.82) is 0 Å². The molecular formula is C9H19OP. The summed E-state index contributed by atoms with van der Waals surface area (Å²) in [6.07, 6.45) is 5.40. The van der Waals surface area contributed by atoms with E-state index < -0.39 is 7.14 Å². The summed E-state index contributed by atoms with van der Waals surface area (Å²) in [6, 6.07) is 0. The molecule has 1 rings (SSSR count). The van der Waals surface area contributed by atoms with Crippen LogP contribution < -0.4 is 0 Å². The van der Waals surface area contributed by atoms with Gasteiger partial charge in [0.15, 0.2) is 0 Å². The summed E-state index contributed by atoms with van der Waals surface area (Å²) in [6.45, 7) is 6.56. The van der Waals surface area contributed by atoms with Crippen LogP contribution in [0.25, 0.3) is 0 Å². The van der Waals surface area contributed by atoms with Crippen LogP contribution >= 0.6 is 7.14 Å². The second-order valence-corrected chi connectivity index (χ2v) is 8.26. The number of hydrogen-bond acceptors (Lipinski definition) is 1. The third-order valence-corrected chi connectivity index (χ3v) is 5.93. The lowest BCUT2D eigenvalue weighted by Crippen LogP contribution is -2.12. The predicted octanol–water partition coefficient (Wildman–Crippen LogP) is 3.19. The molecule has 1 nitrogen and oxygen atoms in total. The maximum atomic E-state index is 12.0. The zero-order chi connectivity index (χ0) is 8.54. The van der Waals surface area contributed by atoms with Gasteiger partial charge in [0.1, 0.15) is 0 Å². The van der Waals surface area contributed by atoms with Crippen molar-refractivity contribution in [2.75, 3.05) is 18.5 Å². The maximum Gasteiger partial charge on any atom is 0.0882 e. The molecule has 0 amide bonds. The zero-order valence-corrected chi connectivity index (χ0v) is 8.79. The van der Waals surface area contributed by atoms with Gasteiger partial charge in [-0.2, -0.15) is 0 Å². The molecule has 0 aromatic rings. The number of rotatable bonds is 1. The molecule has 0 radical (unpaired) electrons. The van der Waals surface area contributed by atoms with Crippen LogP contribution in [-0.2, 0) is 4.57 Å². The van der Waals surface area contributed by atoms with Crippen LogP contribution in [-0.4, -0.2) is 18.5 Å². The highest BCUT2D eigenvalue weighted by Gasteiger charge is 2.31. The second kappa shape index (κ2) is 2.94. The molecule has 2 heteroatoms. The van der Waals surface area contributed by atoms with Crippen molar-refractivity contribution in [2.24, 2.45) is 5.41 Å². The van der Waals surface area contributed by atoms with E-state index in [0.717, 1.165) is 18.5 Å². The Balaban J connectivity index is 2.54. The lowest BCUT2D eigenvalue weighted by atomic mass is 10.0. The molecule has 0 saturated carbocycles. The van der Waals surface area contributed by atoms with Gasteiger partial charge in [0.2, 0.25) is 0 Å². The average molecular weight is 174 g/mol. The van der Waals surface area contributed by atoms with Crippen molar-refractivity contribution in [1.82, 2.24) is 0 Å². The molecule has 1 aliphatic heterocycles. The van der Waals surface area contributed by atoms with E-state index >= 15 is 0 Å². The average Bonchev–Trinajstić information content (AvgIpc) is 2.09. The molecular weight excluding hydrogens is 155 g/mol. The van der Waals surface area contributed by atoms with Crippen LogP contribution in [0.3, 0.4) is 0 Å². The summed E-state index contributed by atoms with van der Waals surface area (Å²) < 4.78 is 12.0. The Morgan fingerprint density at radius 2 is 1.64 bits per heavy atom. The van der Waals surface area contributed by atoms with Crippen molar-refractivity contribution < 1.29 is 4.57 Å². The van der Waals surface area contributed by atoms with Crippen LogP contribution in [0.1, 0.15) is 33.6 Å². The Kier molecular flexibility index (Phi) is 2.49.